The first kappa shape index (κ1) is 24.4. The number of methoxy groups -OCH3 is 1. The van der Waals surface area contributed by atoms with Crippen LogP contribution >= 0.6 is 34.0 Å². The number of fused-ring (bicyclic) bond motifs is 3. The predicted octanol–water partition coefficient (Wildman–Crippen LogP) is 10.2. The molecule has 2 nitrogen and oxygen atoms in total. The Balaban J connectivity index is 1.60. The number of thiophene rings is 3. The largest absolute Gasteiger partial charge is 0.496 e. The van der Waals surface area contributed by atoms with Crippen LogP contribution in [0.1, 0.15) is 45.2 Å². The van der Waals surface area contributed by atoms with Gasteiger partial charge in [0.05, 0.1) is 28.2 Å². The Kier molecular flexibility index (Phi) is 6.93. The molecule has 3 heterocycles. The fraction of sp³-hybridized carbons (Fsp3) is 0.333. The lowest BCUT2D eigenvalue weighted by molar-refractivity contribution is 0.242. The van der Waals surface area contributed by atoms with Crippen molar-refractivity contribution in [3.63, 3.8) is 0 Å². The minimum Gasteiger partial charge on any atom is -0.496 e. The normalized spacial score (nSPS) is 11.9. The summed E-state index contributed by atoms with van der Waals surface area (Å²) in [7, 11) is 1.73. The molecule has 5 rings (SSSR count). The van der Waals surface area contributed by atoms with E-state index < -0.39 is 0 Å². The first-order valence-corrected chi connectivity index (χ1v) is 14.7. The van der Waals surface area contributed by atoms with E-state index in [4.69, 9.17) is 9.47 Å². The van der Waals surface area contributed by atoms with E-state index in [-0.39, 0.29) is 6.10 Å². The summed E-state index contributed by atoms with van der Waals surface area (Å²) in [6.07, 6.45) is 2.45. The molecule has 182 valence electrons. The highest BCUT2D eigenvalue weighted by atomic mass is 32.1. The summed E-state index contributed by atoms with van der Waals surface area (Å²) in [6.45, 7) is 11.0. The molecule has 0 saturated heterocycles. The van der Waals surface area contributed by atoms with Crippen LogP contribution in [-0.4, -0.2) is 13.2 Å². The van der Waals surface area contributed by atoms with Crippen molar-refractivity contribution in [1.82, 2.24) is 0 Å². The van der Waals surface area contributed by atoms with Gasteiger partial charge in [-0.2, -0.15) is 0 Å². The van der Waals surface area contributed by atoms with Gasteiger partial charge in [0.2, 0.25) is 0 Å². The monoisotopic (exact) mass is 520 g/mol. The Labute approximate surface area is 220 Å². The lowest BCUT2D eigenvalue weighted by Crippen LogP contribution is -2.06. The summed E-state index contributed by atoms with van der Waals surface area (Å²) in [6, 6.07) is 17.6. The van der Waals surface area contributed by atoms with E-state index in [0.29, 0.717) is 5.92 Å². The van der Waals surface area contributed by atoms with E-state index in [9.17, 15) is 0 Å². The number of ether oxygens (including phenoxy) is 2. The van der Waals surface area contributed by atoms with Crippen molar-refractivity contribution >= 4 is 52.8 Å². The van der Waals surface area contributed by atoms with Crippen molar-refractivity contribution in [2.24, 2.45) is 5.92 Å². The smallest absolute Gasteiger partial charge is 0.132 e. The van der Waals surface area contributed by atoms with Crippen molar-refractivity contribution in [3.05, 3.63) is 59.7 Å². The highest BCUT2D eigenvalue weighted by Gasteiger charge is 2.21. The minimum absolute atomic E-state index is 0.104. The van der Waals surface area contributed by atoms with E-state index in [0.717, 1.165) is 23.5 Å². The van der Waals surface area contributed by atoms with Gasteiger partial charge >= 0.3 is 0 Å². The lowest BCUT2D eigenvalue weighted by atomic mass is 9.94. The minimum atomic E-state index is 0.104. The fourth-order valence-electron chi connectivity index (χ4n) is 4.59. The van der Waals surface area contributed by atoms with Gasteiger partial charge in [0, 0.05) is 19.2 Å². The first-order chi connectivity index (χ1) is 16.9. The van der Waals surface area contributed by atoms with Gasteiger partial charge in [0.15, 0.2) is 0 Å². The van der Waals surface area contributed by atoms with E-state index in [1.54, 1.807) is 7.11 Å². The van der Waals surface area contributed by atoms with E-state index >= 15 is 0 Å². The number of aryl methyl sites for hydroxylation is 2. The second-order valence-corrected chi connectivity index (χ2v) is 12.9. The van der Waals surface area contributed by atoms with Crippen molar-refractivity contribution < 1.29 is 9.47 Å². The first-order valence-electron chi connectivity index (χ1n) is 12.2. The number of benzene rings is 2. The Bertz CT molecular complexity index is 1480. The Morgan fingerprint density at radius 2 is 1.40 bits per heavy atom. The maximum absolute atomic E-state index is 6.16. The van der Waals surface area contributed by atoms with Crippen LogP contribution in [0.15, 0.2) is 48.5 Å². The molecular formula is C30H32O2S3. The van der Waals surface area contributed by atoms with Crippen LogP contribution in [0.4, 0.5) is 0 Å². The molecule has 5 aromatic rings. The highest BCUT2D eigenvalue weighted by Crippen LogP contribution is 2.51. The molecule has 5 heteroatoms. The van der Waals surface area contributed by atoms with Crippen molar-refractivity contribution in [1.29, 1.82) is 0 Å². The molecule has 2 aromatic carbocycles. The average molecular weight is 521 g/mol. The van der Waals surface area contributed by atoms with E-state index in [1.807, 2.05) is 52.2 Å². The predicted molar refractivity (Wildman–Crippen MR) is 156 cm³/mol. The van der Waals surface area contributed by atoms with E-state index in [1.165, 1.54) is 51.7 Å². The molecule has 0 unspecified atom stereocenters. The topological polar surface area (TPSA) is 18.5 Å². The van der Waals surface area contributed by atoms with E-state index in [2.05, 4.69) is 65.0 Å². The molecule has 0 spiro atoms. The van der Waals surface area contributed by atoms with Gasteiger partial charge in [-0.1, -0.05) is 38.1 Å². The van der Waals surface area contributed by atoms with Gasteiger partial charge in [0.1, 0.15) is 11.5 Å². The zero-order valence-electron chi connectivity index (χ0n) is 21.2. The third-order valence-corrected chi connectivity index (χ3v) is 10.0. The molecule has 0 amide bonds. The second kappa shape index (κ2) is 9.96. The van der Waals surface area contributed by atoms with Crippen LogP contribution in [-0.2, 0) is 6.42 Å². The van der Waals surface area contributed by atoms with Crippen molar-refractivity contribution in [3.8, 4) is 32.4 Å². The molecule has 0 atom stereocenters. The SMILES string of the molecule is COc1cccc(OC(C)C)c1-c1cc2sc3cc(-c4c(C)cccc4CCC(C)C)sc3c2s1. The van der Waals surface area contributed by atoms with Crippen LogP contribution in [0.3, 0.4) is 0 Å². The number of rotatable bonds is 8. The van der Waals surface area contributed by atoms with Gasteiger partial charge in [0.25, 0.3) is 0 Å². The van der Waals surface area contributed by atoms with Crippen LogP contribution in [0.25, 0.3) is 39.7 Å². The van der Waals surface area contributed by atoms with Crippen LogP contribution in [0.2, 0.25) is 0 Å². The number of hydrogen-bond donors (Lipinski definition) is 0. The average Bonchev–Trinajstić information content (AvgIpc) is 3.47. The Hall–Kier alpha value is -2.34. The summed E-state index contributed by atoms with van der Waals surface area (Å²) >= 11 is 5.69. The van der Waals surface area contributed by atoms with Crippen molar-refractivity contribution in [2.75, 3.05) is 7.11 Å². The fourth-order valence-corrected chi connectivity index (χ4v) is 8.81. The van der Waals surface area contributed by atoms with Gasteiger partial charge in [-0.3, -0.25) is 0 Å². The van der Waals surface area contributed by atoms with Crippen LogP contribution in [0, 0.1) is 12.8 Å². The lowest BCUT2D eigenvalue weighted by Gasteiger charge is -2.16. The van der Waals surface area contributed by atoms with Gasteiger partial charge in [-0.15, -0.1) is 34.0 Å². The maximum atomic E-state index is 6.16. The summed E-state index contributed by atoms with van der Waals surface area (Å²) in [5.74, 6) is 2.44. The Morgan fingerprint density at radius 3 is 2.03 bits per heavy atom. The standard InChI is InChI=1S/C30H32O2S3/c1-17(2)13-14-20-10-7-9-19(5)27(20)23-15-25-29(34-23)30-26(33-25)16-24(35-30)28-21(31-6)11-8-12-22(28)32-18(3)4/h7-12,15-18H,13-14H2,1-6H3. The summed E-state index contributed by atoms with van der Waals surface area (Å²) < 4.78 is 17.4. The summed E-state index contributed by atoms with van der Waals surface area (Å²) in [4.78, 5) is 2.59. The molecule has 0 fully saturated rings. The third kappa shape index (κ3) is 4.74. The molecule has 0 saturated carbocycles. The molecule has 0 bridgehead atoms. The molecule has 3 aromatic heterocycles. The van der Waals surface area contributed by atoms with Crippen LogP contribution < -0.4 is 9.47 Å². The molecule has 0 aliphatic carbocycles. The number of hydrogen-bond acceptors (Lipinski definition) is 5. The van der Waals surface area contributed by atoms with Gasteiger partial charge in [-0.05, 0) is 80.5 Å². The van der Waals surface area contributed by atoms with Crippen molar-refractivity contribution in [2.45, 2.75) is 53.6 Å². The Morgan fingerprint density at radius 1 is 0.771 bits per heavy atom. The molecule has 0 aliphatic heterocycles. The summed E-state index contributed by atoms with van der Waals surface area (Å²) in [5.41, 5.74) is 5.33. The molecule has 35 heavy (non-hydrogen) atoms. The maximum Gasteiger partial charge on any atom is 0.132 e. The van der Waals surface area contributed by atoms with Gasteiger partial charge < -0.3 is 9.47 Å². The quantitative estimate of drug-likeness (QED) is 0.203. The summed E-state index contributed by atoms with van der Waals surface area (Å²) in [5, 5.41) is 0. The molecule has 0 N–H and O–H groups in total. The molecule has 0 radical (unpaired) electrons. The van der Waals surface area contributed by atoms with Gasteiger partial charge in [-0.25, -0.2) is 0 Å². The molecular weight excluding hydrogens is 489 g/mol. The second-order valence-electron chi connectivity index (χ2n) is 9.75. The zero-order valence-corrected chi connectivity index (χ0v) is 23.7. The third-order valence-electron chi connectivity index (χ3n) is 6.24. The van der Waals surface area contributed by atoms with Crippen LogP contribution in [0.5, 0.6) is 11.5 Å². The molecule has 0 aliphatic rings. The zero-order chi connectivity index (χ0) is 24.7. The highest BCUT2D eigenvalue weighted by molar-refractivity contribution is 7.40.